The maximum Gasteiger partial charge on any atom is 0.285 e. The van der Waals surface area contributed by atoms with Gasteiger partial charge in [-0.05, 0) is 18.6 Å². The van der Waals surface area contributed by atoms with Crippen LogP contribution < -0.4 is 5.32 Å². The highest BCUT2D eigenvalue weighted by Gasteiger charge is 2.30. The molecule has 1 aromatic rings. The number of likely N-dealkylation sites (N-methyl/N-ethyl adjacent to an activating group) is 1. The SMILES string of the molecule is CCCCCCNC(=O)CN(C)C1=NS(=O)(=O)c2ccccc21. The summed E-state index contributed by atoms with van der Waals surface area (Å²) in [6.07, 6.45) is 4.39. The molecule has 0 unspecified atom stereocenters. The van der Waals surface area contributed by atoms with E-state index in [1.54, 1.807) is 30.1 Å². The lowest BCUT2D eigenvalue weighted by Crippen LogP contribution is -2.38. The number of carbonyl (C=O) groups excluding carboxylic acids is 1. The summed E-state index contributed by atoms with van der Waals surface area (Å²) in [6, 6.07) is 6.66. The molecule has 0 saturated carbocycles. The Kier molecular flexibility index (Phi) is 5.76. The molecular weight excluding hydrogens is 314 g/mol. The largest absolute Gasteiger partial charge is 0.355 e. The lowest BCUT2D eigenvalue weighted by Gasteiger charge is -2.18. The maximum atomic E-state index is 12.0. The van der Waals surface area contributed by atoms with Gasteiger partial charge in [0.25, 0.3) is 10.0 Å². The molecule has 1 aliphatic heterocycles. The van der Waals surface area contributed by atoms with Crippen LogP contribution in [0.2, 0.25) is 0 Å². The predicted octanol–water partition coefficient (Wildman–Crippen LogP) is 1.76. The van der Waals surface area contributed by atoms with Crippen LogP contribution in [-0.2, 0) is 14.8 Å². The van der Waals surface area contributed by atoms with E-state index < -0.39 is 10.0 Å². The highest BCUT2D eigenvalue weighted by atomic mass is 32.2. The number of amidine groups is 1. The number of fused-ring (bicyclic) bond motifs is 1. The molecule has 1 heterocycles. The predicted molar refractivity (Wildman–Crippen MR) is 89.9 cm³/mol. The van der Waals surface area contributed by atoms with E-state index in [9.17, 15) is 13.2 Å². The van der Waals surface area contributed by atoms with E-state index in [1.807, 2.05) is 0 Å². The Labute approximate surface area is 137 Å². The number of unbranched alkanes of at least 4 members (excludes halogenated alkanes) is 3. The monoisotopic (exact) mass is 337 g/mol. The number of nitrogens with one attached hydrogen (secondary N) is 1. The van der Waals surface area contributed by atoms with E-state index in [2.05, 4.69) is 16.6 Å². The van der Waals surface area contributed by atoms with Gasteiger partial charge in [0, 0.05) is 19.2 Å². The summed E-state index contributed by atoms with van der Waals surface area (Å²) in [7, 11) is -1.97. The van der Waals surface area contributed by atoms with Crippen LogP contribution in [0.25, 0.3) is 0 Å². The van der Waals surface area contributed by atoms with E-state index in [0.717, 1.165) is 19.3 Å². The third-order valence-corrected chi connectivity index (χ3v) is 5.03. The molecule has 23 heavy (non-hydrogen) atoms. The second kappa shape index (κ2) is 7.59. The van der Waals surface area contributed by atoms with Crippen LogP contribution in [0.1, 0.15) is 38.2 Å². The van der Waals surface area contributed by atoms with E-state index in [0.29, 0.717) is 17.9 Å². The van der Waals surface area contributed by atoms with Crippen LogP contribution in [-0.4, -0.2) is 45.2 Å². The van der Waals surface area contributed by atoms with Gasteiger partial charge in [-0.15, -0.1) is 4.40 Å². The number of nitrogens with zero attached hydrogens (tertiary/aromatic N) is 2. The fraction of sp³-hybridized carbons (Fsp3) is 0.500. The standard InChI is InChI=1S/C16H23N3O3S/c1-3-4-5-8-11-17-15(20)12-19(2)16-13-9-6-7-10-14(13)23(21,22)18-16/h6-7,9-10H,3-5,8,11-12H2,1-2H3,(H,17,20). The van der Waals surface area contributed by atoms with Gasteiger partial charge in [-0.3, -0.25) is 4.79 Å². The van der Waals surface area contributed by atoms with Crippen LogP contribution in [0.15, 0.2) is 33.6 Å². The Morgan fingerprint density at radius 1 is 1.22 bits per heavy atom. The van der Waals surface area contributed by atoms with Gasteiger partial charge in [-0.1, -0.05) is 38.3 Å². The van der Waals surface area contributed by atoms with Crippen molar-refractivity contribution in [2.24, 2.45) is 4.40 Å². The Balaban J connectivity index is 1.94. The summed E-state index contributed by atoms with van der Waals surface area (Å²) < 4.78 is 27.8. The van der Waals surface area contributed by atoms with Crippen LogP contribution in [0, 0.1) is 0 Å². The zero-order valence-electron chi connectivity index (χ0n) is 13.6. The third-order valence-electron chi connectivity index (χ3n) is 3.71. The Morgan fingerprint density at radius 2 is 1.96 bits per heavy atom. The molecular formula is C16H23N3O3S. The van der Waals surface area contributed by atoms with Crippen molar-refractivity contribution in [3.8, 4) is 0 Å². The third kappa shape index (κ3) is 4.31. The van der Waals surface area contributed by atoms with Gasteiger partial charge in [0.2, 0.25) is 5.91 Å². The van der Waals surface area contributed by atoms with E-state index >= 15 is 0 Å². The molecule has 0 radical (unpaired) electrons. The zero-order chi connectivity index (χ0) is 16.9. The summed E-state index contributed by atoms with van der Waals surface area (Å²) in [4.78, 5) is 13.7. The van der Waals surface area contributed by atoms with Crippen molar-refractivity contribution in [2.45, 2.75) is 37.5 Å². The van der Waals surface area contributed by atoms with Crippen LogP contribution in [0.3, 0.4) is 0 Å². The molecule has 126 valence electrons. The van der Waals surface area contributed by atoms with Crippen molar-refractivity contribution < 1.29 is 13.2 Å². The number of sulfonamides is 1. The molecule has 2 rings (SSSR count). The second-order valence-corrected chi connectivity index (χ2v) is 7.23. The van der Waals surface area contributed by atoms with Crippen molar-refractivity contribution in [3.05, 3.63) is 29.8 Å². The first-order chi connectivity index (χ1) is 11.0. The first-order valence-electron chi connectivity index (χ1n) is 7.88. The molecule has 1 N–H and O–H groups in total. The van der Waals surface area contributed by atoms with E-state index in [4.69, 9.17) is 0 Å². The van der Waals surface area contributed by atoms with Gasteiger partial charge in [0.05, 0.1) is 6.54 Å². The number of rotatable bonds is 7. The molecule has 0 atom stereocenters. The highest BCUT2D eigenvalue weighted by Crippen LogP contribution is 2.26. The van der Waals surface area contributed by atoms with E-state index in [-0.39, 0.29) is 17.3 Å². The van der Waals surface area contributed by atoms with Crippen LogP contribution in [0.4, 0.5) is 0 Å². The molecule has 0 fully saturated rings. The summed E-state index contributed by atoms with van der Waals surface area (Å²) in [5.41, 5.74) is 0.547. The molecule has 0 bridgehead atoms. The average molecular weight is 337 g/mol. The number of hydrogen-bond acceptors (Lipinski definition) is 4. The summed E-state index contributed by atoms with van der Waals surface area (Å²) in [5, 5.41) is 2.86. The molecule has 0 aliphatic carbocycles. The molecule has 1 amide bonds. The Hall–Kier alpha value is -1.89. The van der Waals surface area contributed by atoms with Gasteiger partial charge in [-0.2, -0.15) is 8.42 Å². The fourth-order valence-corrected chi connectivity index (χ4v) is 3.74. The second-order valence-electron chi connectivity index (χ2n) is 5.65. The molecule has 7 heteroatoms. The number of benzene rings is 1. The maximum absolute atomic E-state index is 12.0. The molecule has 1 aliphatic rings. The van der Waals surface area contributed by atoms with Crippen LogP contribution in [0.5, 0.6) is 0 Å². The minimum absolute atomic E-state index is 0.0798. The van der Waals surface area contributed by atoms with Crippen molar-refractivity contribution in [3.63, 3.8) is 0 Å². The van der Waals surface area contributed by atoms with Crippen molar-refractivity contribution in [2.75, 3.05) is 20.1 Å². The molecule has 6 nitrogen and oxygen atoms in total. The number of amides is 1. The minimum atomic E-state index is -3.65. The quantitative estimate of drug-likeness (QED) is 0.769. The van der Waals surface area contributed by atoms with Gasteiger partial charge in [-0.25, -0.2) is 0 Å². The first-order valence-corrected chi connectivity index (χ1v) is 9.32. The first kappa shape index (κ1) is 17.5. The summed E-state index contributed by atoms with van der Waals surface area (Å²) in [6.45, 7) is 2.87. The van der Waals surface area contributed by atoms with Crippen LogP contribution >= 0.6 is 0 Å². The van der Waals surface area contributed by atoms with Gasteiger partial charge in [0.15, 0.2) is 5.84 Å². The number of hydrogen-bond donors (Lipinski definition) is 1. The zero-order valence-corrected chi connectivity index (χ0v) is 14.4. The van der Waals surface area contributed by atoms with Gasteiger partial charge < -0.3 is 10.2 Å². The van der Waals surface area contributed by atoms with Crippen molar-refractivity contribution in [1.29, 1.82) is 0 Å². The summed E-state index contributed by atoms with van der Waals surface area (Å²) >= 11 is 0. The van der Waals surface area contributed by atoms with Gasteiger partial charge >= 0.3 is 0 Å². The Morgan fingerprint density at radius 3 is 2.70 bits per heavy atom. The summed E-state index contributed by atoms with van der Waals surface area (Å²) in [5.74, 6) is 0.190. The fourth-order valence-electron chi connectivity index (χ4n) is 2.49. The molecule has 0 aromatic heterocycles. The smallest absolute Gasteiger partial charge is 0.285 e. The van der Waals surface area contributed by atoms with Crippen molar-refractivity contribution >= 4 is 21.8 Å². The molecule has 0 spiro atoms. The topological polar surface area (TPSA) is 78.8 Å². The molecule has 1 aromatic carbocycles. The number of carbonyl (C=O) groups is 1. The normalized spacial score (nSPS) is 15.0. The molecule has 0 saturated heterocycles. The minimum Gasteiger partial charge on any atom is -0.355 e. The van der Waals surface area contributed by atoms with Gasteiger partial charge in [0.1, 0.15) is 4.90 Å². The highest BCUT2D eigenvalue weighted by molar-refractivity contribution is 7.90. The average Bonchev–Trinajstić information content (AvgIpc) is 2.79. The lowest BCUT2D eigenvalue weighted by molar-refractivity contribution is -0.121. The van der Waals surface area contributed by atoms with E-state index in [1.165, 1.54) is 12.5 Å². The Bertz CT molecular complexity index is 698. The lowest BCUT2D eigenvalue weighted by atomic mass is 10.2. The van der Waals surface area contributed by atoms with Crippen molar-refractivity contribution in [1.82, 2.24) is 10.2 Å².